The molecule has 1 N–H and O–H groups in total. The molecule has 8 heteroatoms. The van der Waals surface area contributed by atoms with Gasteiger partial charge in [-0.1, -0.05) is 23.2 Å². The number of carbonyl (C=O) groups excluding carboxylic acids is 2. The highest BCUT2D eigenvalue weighted by molar-refractivity contribution is 6.35. The first-order chi connectivity index (χ1) is 12.3. The Morgan fingerprint density at radius 1 is 1.08 bits per heavy atom. The minimum absolute atomic E-state index is 0.267. The van der Waals surface area contributed by atoms with Crippen LogP contribution in [0.3, 0.4) is 0 Å². The average Bonchev–Trinajstić information content (AvgIpc) is 3.03. The van der Waals surface area contributed by atoms with Gasteiger partial charge in [-0.2, -0.15) is 0 Å². The third-order valence-electron chi connectivity index (χ3n) is 4.11. The van der Waals surface area contributed by atoms with Crippen LogP contribution in [0.4, 0.5) is 14.5 Å². The summed E-state index contributed by atoms with van der Waals surface area (Å²) in [5, 5.41) is 3.39. The summed E-state index contributed by atoms with van der Waals surface area (Å²) in [4.78, 5) is 26.5. The Hall–Kier alpha value is -2.18. The van der Waals surface area contributed by atoms with Gasteiger partial charge in [0.25, 0.3) is 5.91 Å². The summed E-state index contributed by atoms with van der Waals surface area (Å²) in [6, 6.07) is 6.57. The molecule has 1 heterocycles. The smallest absolute Gasteiger partial charge is 0.257 e. The summed E-state index contributed by atoms with van der Waals surface area (Å²) in [5.41, 5.74) is 0.136. The Morgan fingerprint density at radius 3 is 2.42 bits per heavy atom. The third kappa shape index (κ3) is 3.97. The second-order valence-electron chi connectivity index (χ2n) is 5.93. The zero-order chi connectivity index (χ0) is 18.8. The molecular weight excluding hydrogens is 385 g/mol. The molecule has 0 aliphatic carbocycles. The summed E-state index contributed by atoms with van der Waals surface area (Å²) in [7, 11) is 0. The van der Waals surface area contributed by atoms with E-state index in [1.165, 1.54) is 23.1 Å². The maximum Gasteiger partial charge on any atom is 0.257 e. The summed E-state index contributed by atoms with van der Waals surface area (Å²) < 4.78 is 27.0. The van der Waals surface area contributed by atoms with Crippen LogP contribution in [0.2, 0.25) is 10.0 Å². The molecule has 26 heavy (non-hydrogen) atoms. The molecular formula is C18H14Cl2F2N2O2. The maximum absolute atomic E-state index is 13.9. The Labute approximate surface area is 158 Å². The van der Waals surface area contributed by atoms with Crippen LogP contribution in [0.1, 0.15) is 23.2 Å². The quantitative estimate of drug-likeness (QED) is 0.826. The van der Waals surface area contributed by atoms with E-state index >= 15 is 0 Å². The Balaban J connectivity index is 1.78. The monoisotopic (exact) mass is 398 g/mol. The number of anilines is 1. The number of hydrogen-bond donors (Lipinski definition) is 1. The van der Waals surface area contributed by atoms with E-state index in [9.17, 15) is 18.4 Å². The SMILES string of the molecule is O=C(Nc1cc(Cl)cc(Cl)c1)C1CCCN1C(=O)c1ccc(F)cc1F. The molecule has 0 aromatic heterocycles. The minimum atomic E-state index is -0.956. The standard InChI is InChI=1S/C18H14Cl2F2N2O2/c19-10-6-11(20)8-13(7-10)23-17(25)16-2-1-5-24(16)18(26)14-4-3-12(21)9-15(14)22/h3-4,6-9,16H,1-2,5H2,(H,23,25). The minimum Gasteiger partial charge on any atom is -0.327 e. The zero-order valence-corrected chi connectivity index (χ0v) is 15.0. The van der Waals surface area contributed by atoms with Crippen molar-refractivity contribution in [2.45, 2.75) is 18.9 Å². The molecule has 2 aromatic rings. The van der Waals surface area contributed by atoms with E-state index in [2.05, 4.69) is 5.32 Å². The molecule has 1 fully saturated rings. The van der Waals surface area contributed by atoms with Crippen molar-refractivity contribution in [2.24, 2.45) is 0 Å². The highest BCUT2D eigenvalue weighted by Gasteiger charge is 2.35. The molecule has 136 valence electrons. The fourth-order valence-electron chi connectivity index (χ4n) is 2.95. The lowest BCUT2D eigenvalue weighted by atomic mass is 10.1. The average molecular weight is 399 g/mol. The molecule has 1 saturated heterocycles. The second-order valence-corrected chi connectivity index (χ2v) is 6.80. The van der Waals surface area contributed by atoms with Crippen LogP contribution in [-0.2, 0) is 4.79 Å². The van der Waals surface area contributed by atoms with Gasteiger partial charge < -0.3 is 10.2 Å². The van der Waals surface area contributed by atoms with Crippen molar-refractivity contribution in [2.75, 3.05) is 11.9 Å². The van der Waals surface area contributed by atoms with Crippen molar-refractivity contribution in [1.82, 2.24) is 4.90 Å². The number of nitrogens with one attached hydrogen (secondary N) is 1. The van der Waals surface area contributed by atoms with E-state index in [0.717, 1.165) is 12.1 Å². The van der Waals surface area contributed by atoms with Gasteiger partial charge in [-0.3, -0.25) is 9.59 Å². The van der Waals surface area contributed by atoms with Crippen LogP contribution in [0.15, 0.2) is 36.4 Å². The topological polar surface area (TPSA) is 49.4 Å². The summed E-state index contributed by atoms with van der Waals surface area (Å²) in [6.07, 6.45) is 1.04. The van der Waals surface area contributed by atoms with Crippen LogP contribution >= 0.6 is 23.2 Å². The Bertz CT molecular complexity index is 856. The lowest BCUT2D eigenvalue weighted by Gasteiger charge is -2.24. The van der Waals surface area contributed by atoms with Gasteiger partial charge in [-0.25, -0.2) is 8.78 Å². The number of carbonyl (C=O) groups is 2. The predicted octanol–water partition coefficient (Wildman–Crippen LogP) is 4.51. The van der Waals surface area contributed by atoms with Crippen molar-refractivity contribution < 1.29 is 18.4 Å². The highest BCUT2D eigenvalue weighted by atomic mass is 35.5. The van der Waals surface area contributed by atoms with Gasteiger partial charge in [0.2, 0.25) is 5.91 Å². The number of hydrogen-bond acceptors (Lipinski definition) is 2. The Morgan fingerprint density at radius 2 is 1.77 bits per heavy atom. The first-order valence-corrected chi connectivity index (χ1v) is 8.64. The van der Waals surface area contributed by atoms with E-state index in [0.29, 0.717) is 41.2 Å². The van der Waals surface area contributed by atoms with Crippen LogP contribution in [0.5, 0.6) is 0 Å². The van der Waals surface area contributed by atoms with Gasteiger partial charge in [0.15, 0.2) is 0 Å². The summed E-state index contributed by atoms with van der Waals surface area (Å²) in [5.74, 6) is -2.80. The van der Waals surface area contributed by atoms with Crippen molar-refractivity contribution in [1.29, 1.82) is 0 Å². The van der Waals surface area contributed by atoms with E-state index < -0.39 is 29.5 Å². The van der Waals surface area contributed by atoms with Gasteiger partial charge in [0, 0.05) is 28.3 Å². The molecule has 0 saturated carbocycles. The molecule has 0 spiro atoms. The molecule has 3 rings (SSSR count). The molecule has 1 aliphatic heterocycles. The van der Waals surface area contributed by atoms with E-state index in [1.54, 1.807) is 0 Å². The number of halogens is 4. The van der Waals surface area contributed by atoms with E-state index in [-0.39, 0.29) is 5.56 Å². The lowest BCUT2D eigenvalue weighted by molar-refractivity contribution is -0.119. The zero-order valence-electron chi connectivity index (χ0n) is 13.4. The van der Waals surface area contributed by atoms with Crippen LogP contribution in [0.25, 0.3) is 0 Å². The van der Waals surface area contributed by atoms with Gasteiger partial charge in [0.1, 0.15) is 17.7 Å². The Kier molecular flexibility index (Phi) is 5.44. The molecule has 1 aliphatic rings. The molecule has 2 amide bonds. The summed E-state index contributed by atoms with van der Waals surface area (Å²) in [6.45, 7) is 0.310. The summed E-state index contributed by atoms with van der Waals surface area (Å²) >= 11 is 11.8. The first kappa shape index (κ1) is 18.6. The number of likely N-dealkylation sites (tertiary alicyclic amines) is 1. The molecule has 1 atom stereocenters. The lowest BCUT2D eigenvalue weighted by Crippen LogP contribution is -2.43. The molecule has 2 aromatic carbocycles. The van der Waals surface area contributed by atoms with Crippen LogP contribution in [0, 0.1) is 11.6 Å². The van der Waals surface area contributed by atoms with Gasteiger partial charge in [0.05, 0.1) is 5.56 Å². The third-order valence-corrected chi connectivity index (χ3v) is 4.54. The number of amides is 2. The number of nitrogens with zero attached hydrogens (tertiary/aromatic N) is 1. The fourth-order valence-corrected chi connectivity index (χ4v) is 3.48. The number of rotatable bonds is 3. The van der Waals surface area contributed by atoms with Gasteiger partial charge in [-0.05, 0) is 43.2 Å². The van der Waals surface area contributed by atoms with Crippen molar-refractivity contribution >= 4 is 40.7 Å². The first-order valence-electron chi connectivity index (χ1n) is 7.88. The maximum atomic E-state index is 13.9. The molecule has 1 unspecified atom stereocenters. The van der Waals surface area contributed by atoms with Crippen molar-refractivity contribution in [3.05, 3.63) is 63.6 Å². The van der Waals surface area contributed by atoms with Crippen LogP contribution in [-0.4, -0.2) is 29.3 Å². The molecule has 0 bridgehead atoms. The van der Waals surface area contributed by atoms with Crippen molar-refractivity contribution in [3.8, 4) is 0 Å². The molecule has 4 nitrogen and oxygen atoms in total. The van der Waals surface area contributed by atoms with Gasteiger partial charge in [-0.15, -0.1) is 0 Å². The van der Waals surface area contributed by atoms with E-state index in [4.69, 9.17) is 23.2 Å². The second kappa shape index (κ2) is 7.60. The highest BCUT2D eigenvalue weighted by Crippen LogP contribution is 2.26. The normalized spacial score (nSPS) is 16.6. The van der Waals surface area contributed by atoms with Gasteiger partial charge >= 0.3 is 0 Å². The van der Waals surface area contributed by atoms with Crippen molar-refractivity contribution in [3.63, 3.8) is 0 Å². The predicted molar refractivity (Wildman–Crippen MR) is 95.5 cm³/mol. The van der Waals surface area contributed by atoms with Crippen LogP contribution < -0.4 is 5.32 Å². The number of benzene rings is 2. The van der Waals surface area contributed by atoms with E-state index in [1.807, 2.05) is 0 Å². The largest absolute Gasteiger partial charge is 0.327 e. The fraction of sp³-hybridized carbons (Fsp3) is 0.222. The molecule has 0 radical (unpaired) electrons.